The van der Waals surface area contributed by atoms with Crippen LogP contribution in [0.25, 0.3) is 0 Å². The number of amides is 1. The summed E-state index contributed by atoms with van der Waals surface area (Å²) < 4.78 is 38.1. The molecule has 1 amide bonds. The minimum Gasteiger partial charge on any atom is -0.482 e. The van der Waals surface area contributed by atoms with Crippen molar-refractivity contribution in [1.82, 2.24) is 10.0 Å². The zero-order valence-corrected chi connectivity index (χ0v) is 17.1. The zero-order valence-electron chi connectivity index (χ0n) is 15.5. The second-order valence-corrected chi connectivity index (χ2v) is 8.51. The molecule has 1 aromatic carbocycles. The fraction of sp³-hybridized carbons (Fsp3) is 0.611. The molecule has 2 rings (SSSR count). The first-order chi connectivity index (χ1) is 12.9. The lowest BCUT2D eigenvalue weighted by Gasteiger charge is -2.14. The van der Waals surface area contributed by atoms with Gasteiger partial charge >= 0.3 is 0 Å². The minimum absolute atomic E-state index is 0.0175. The number of sulfonamides is 1. The van der Waals surface area contributed by atoms with Crippen LogP contribution in [-0.4, -0.2) is 46.7 Å². The first-order valence-electron chi connectivity index (χ1n) is 9.21. The van der Waals surface area contributed by atoms with E-state index in [0.717, 1.165) is 32.1 Å². The lowest BCUT2D eigenvalue weighted by atomic mass is 10.3. The van der Waals surface area contributed by atoms with Crippen molar-refractivity contribution in [3.8, 4) is 5.75 Å². The maximum absolute atomic E-state index is 12.4. The van der Waals surface area contributed by atoms with Crippen LogP contribution in [-0.2, 0) is 19.6 Å². The average Bonchev–Trinajstić information content (AvgIpc) is 3.12. The van der Waals surface area contributed by atoms with Crippen molar-refractivity contribution >= 4 is 27.5 Å². The van der Waals surface area contributed by atoms with Gasteiger partial charge in [0.05, 0.1) is 9.92 Å². The molecule has 0 spiro atoms. The number of ether oxygens (including phenoxy) is 2. The number of benzene rings is 1. The van der Waals surface area contributed by atoms with Gasteiger partial charge < -0.3 is 14.8 Å². The molecule has 152 valence electrons. The van der Waals surface area contributed by atoms with Gasteiger partial charge in [0, 0.05) is 25.8 Å². The van der Waals surface area contributed by atoms with E-state index in [4.69, 9.17) is 21.1 Å². The number of rotatable bonds is 11. The standard InChI is InChI=1S/C18H27ClN2O5S/c1-2-25-11-5-10-20-18(22)13-26-17-9-8-15(12-16(17)19)27(23,24)21-14-6-3-4-7-14/h8-9,12,14,21H,2-7,10-11,13H2,1H3,(H,20,22). The fourth-order valence-electron chi connectivity index (χ4n) is 2.84. The van der Waals surface area contributed by atoms with E-state index < -0.39 is 10.0 Å². The first kappa shape index (κ1) is 21.9. The quantitative estimate of drug-likeness (QED) is 0.538. The Bertz CT molecular complexity index is 720. The molecule has 7 nitrogen and oxygen atoms in total. The number of carbonyl (C=O) groups excluding carboxylic acids is 1. The van der Waals surface area contributed by atoms with Crippen LogP contribution < -0.4 is 14.8 Å². The Labute approximate surface area is 165 Å². The third kappa shape index (κ3) is 7.29. The summed E-state index contributed by atoms with van der Waals surface area (Å²) >= 11 is 6.13. The van der Waals surface area contributed by atoms with Gasteiger partial charge in [0.2, 0.25) is 10.0 Å². The Morgan fingerprint density at radius 2 is 2.04 bits per heavy atom. The molecule has 1 aromatic rings. The van der Waals surface area contributed by atoms with Crippen LogP contribution in [0.4, 0.5) is 0 Å². The van der Waals surface area contributed by atoms with Crippen molar-refractivity contribution in [2.45, 2.75) is 50.0 Å². The van der Waals surface area contributed by atoms with E-state index >= 15 is 0 Å². The molecule has 2 N–H and O–H groups in total. The van der Waals surface area contributed by atoms with E-state index in [0.29, 0.717) is 19.8 Å². The third-order valence-electron chi connectivity index (χ3n) is 4.24. The number of carbonyl (C=O) groups is 1. The van der Waals surface area contributed by atoms with E-state index in [2.05, 4.69) is 10.0 Å². The van der Waals surface area contributed by atoms with Gasteiger partial charge in [0.25, 0.3) is 5.91 Å². The van der Waals surface area contributed by atoms with Crippen molar-refractivity contribution in [2.24, 2.45) is 0 Å². The van der Waals surface area contributed by atoms with Gasteiger partial charge in [-0.25, -0.2) is 13.1 Å². The van der Waals surface area contributed by atoms with E-state index in [1.165, 1.54) is 18.2 Å². The smallest absolute Gasteiger partial charge is 0.257 e. The average molecular weight is 419 g/mol. The Morgan fingerprint density at radius 3 is 2.70 bits per heavy atom. The van der Waals surface area contributed by atoms with Crippen LogP contribution in [0.2, 0.25) is 5.02 Å². The van der Waals surface area contributed by atoms with Crippen molar-refractivity contribution in [1.29, 1.82) is 0 Å². The highest BCUT2D eigenvalue weighted by molar-refractivity contribution is 7.89. The molecule has 0 unspecified atom stereocenters. The van der Waals surface area contributed by atoms with Gasteiger partial charge in [-0.1, -0.05) is 24.4 Å². The molecule has 1 saturated carbocycles. The molecule has 0 radical (unpaired) electrons. The van der Waals surface area contributed by atoms with E-state index in [-0.39, 0.29) is 34.2 Å². The van der Waals surface area contributed by atoms with Gasteiger partial charge in [-0.2, -0.15) is 0 Å². The maximum atomic E-state index is 12.4. The summed E-state index contributed by atoms with van der Waals surface area (Å²) in [6.45, 7) is 3.46. The fourth-order valence-corrected chi connectivity index (χ4v) is 4.47. The van der Waals surface area contributed by atoms with E-state index in [1.807, 2.05) is 6.92 Å². The summed E-state index contributed by atoms with van der Waals surface area (Å²) in [6.07, 6.45) is 4.51. The Balaban J connectivity index is 1.84. The molecule has 0 aliphatic heterocycles. The van der Waals surface area contributed by atoms with Gasteiger partial charge in [0.15, 0.2) is 6.61 Å². The summed E-state index contributed by atoms with van der Waals surface area (Å²) in [5, 5.41) is 2.86. The number of nitrogens with one attached hydrogen (secondary N) is 2. The first-order valence-corrected chi connectivity index (χ1v) is 11.1. The van der Waals surface area contributed by atoms with Crippen LogP contribution in [0.5, 0.6) is 5.75 Å². The molecule has 0 aromatic heterocycles. The molecule has 1 fully saturated rings. The lowest BCUT2D eigenvalue weighted by molar-refractivity contribution is -0.123. The van der Waals surface area contributed by atoms with Crippen molar-refractivity contribution in [3.63, 3.8) is 0 Å². The van der Waals surface area contributed by atoms with Crippen molar-refractivity contribution < 1.29 is 22.7 Å². The molecule has 1 aliphatic rings. The normalized spacial score (nSPS) is 15.0. The predicted octanol–water partition coefficient (Wildman–Crippen LogP) is 2.48. The highest BCUT2D eigenvalue weighted by atomic mass is 35.5. The molecule has 27 heavy (non-hydrogen) atoms. The number of halogens is 1. The maximum Gasteiger partial charge on any atom is 0.257 e. The number of hydrogen-bond acceptors (Lipinski definition) is 5. The summed E-state index contributed by atoms with van der Waals surface area (Å²) in [5.74, 6) is -0.0110. The van der Waals surface area contributed by atoms with Gasteiger partial charge in [-0.05, 0) is 44.4 Å². The molecule has 1 aliphatic carbocycles. The second kappa shape index (κ2) is 10.8. The third-order valence-corrected chi connectivity index (χ3v) is 6.05. The Morgan fingerprint density at radius 1 is 1.30 bits per heavy atom. The molecule has 0 bridgehead atoms. The predicted molar refractivity (Wildman–Crippen MR) is 104 cm³/mol. The van der Waals surface area contributed by atoms with Crippen LogP contribution >= 0.6 is 11.6 Å². The minimum atomic E-state index is -3.62. The Hall–Kier alpha value is -1.35. The lowest BCUT2D eigenvalue weighted by Crippen LogP contribution is -2.32. The Kier molecular flexibility index (Phi) is 8.82. The van der Waals surface area contributed by atoms with Gasteiger partial charge in [0.1, 0.15) is 5.75 Å². The van der Waals surface area contributed by atoms with E-state index in [9.17, 15) is 13.2 Å². The monoisotopic (exact) mass is 418 g/mol. The van der Waals surface area contributed by atoms with Crippen LogP contribution in [0.1, 0.15) is 39.0 Å². The second-order valence-electron chi connectivity index (χ2n) is 6.38. The molecule has 0 atom stereocenters. The van der Waals surface area contributed by atoms with Crippen LogP contribution in [0.15, 0.2) is 23.1 Å². The highest BCUT2D eigenvalue weighted by Crippen LogP contribution is 2.28. The molecular formula is C18H27ClN2O5S. The largest absolute Gasteiger partial charge is 0.482 e. The van der Waals surface area contributed by atoms with Gasteiger partial charge in [-0.3, -0.25) is 4.79 Å². The van der Waals surface area contributed by atoms with Crippen molar-refractivity contribution in [2.75, 3.05) is 26.4 Å². The van der Waals surface area contributed by atoms with Crippen LogP contribution in [0.3, 0.4) is 0 Å². The molecule has 0 heterocycles. The number of hydrogen-bond donors (Lipinski definition) is 2. The van der Waals surface area contributed by atoms with Crippen LogP contribution in [0, 0.1) is 0 Å². The molecule has 0 saturated heterocycles. The summed E-state index contributed by atoms with van der Waals surface area (Å²) in [4.78, 5) is 11.8. The zero-order chi connectivity index (χ0) is 19.7. The van der Waals surface area contributed by atoms with Crippen molar-refractivity contribution in [3.05, 3.63) is 23.2 Å². The molecular weight excluding hydrogens is 392 g/mol. The SMILES string of the molecule is CCOCCCNC(=O)COc1ccc(S(=O)(=O)NC2CCCC2)cc1Cl. The summed E-state index contributed by atoms with van der Waals surface area (Å²) in [6, 6.07) is 4.22. The summed E-state index contributed by atoms with van der Waals surface area (Å²) in [5.41, 5.74) is 0. The molecule has 9 heteroatoms. The summed E-state index contributed by atoms with van der Waals surface area (Å²) in [7, 11) is -3.62. The topological polar surface area (TPSA) is 93.7 Å². The van der Waals surface area contributed by atoms with Gasteiger partial charge in [-0.15, -0.1) is 0 Å². The highest BCUT2D eigenvalue weighted by Gasteiger charge is 2.23. The van der Waals surface area contributed by atoms with E-state index in [1.54, 1.807) is 0 Å².